The van der Waals surface area contributed by atoms with Crippen LogP contribution in [0.5, 0.6) is 0 Å². The highest BCUT2D eigenvalue weighted by Crippen LogP contribution is 2.13. The highest BCUT2D eigenvalue weighted by Gasteiger charge is 2.10. The SMILES string of the molecule is CC(C)=CCn1c(=O)n(CC=C(C)C)c2ccccc21. The molecule has 0 atom stereocenters. The fourth-order valence-corrected chi connectivity index (χ4v) is 2.17. The summed E-state index contributed by atoms with van der Waals surface area (Å²) in [6, 6.07) is 7.97. The predicted octanol–water partition coefficient (Wildman–Crippen LogP) is 3.74. The third-order valence-electron chi connectivity index (χ3n) is 3.29. The summed E-state index contributed by atoms with van der Waals surface area (Å²) in [5, 5.41) is 0. The van der Waals surface area contributed by atoms with Crippen molar-refractivity contribution >= 4 is 11.0 Å². The topological polar surface area (TPSA) is 26.9 Å². The van der Waals surface area contributed by atoms with E-state index in [0.717, 1.165) is 11.0 Å². The molecule has 2 aromatic rings. The maximum atomic E-state index is 12.6. The first-order valence-electron chi connectivity index (χ1n) is 6.95. The van der Waals surface area contributed by atoms with E-state index in [2.05, 4.69) is 12.2 Å². The van der Waals surface area contributed by atoms with E-state index in [0.29, 0.717) is 13.1 Å². The molecule has 106 valence electrons. The van der Waals surface area contributed by atoms with Gasteiger partial charge in [0, 0.05) is 13.1 Å². The van der Waals surface area contributed by atoms with E-state index in [1.165, 1.54) is 11.1 Å². The van der Waals surface area contributed by atoms with Crippen LogP contribution in [0.15, 0.2) is 52.4 Å². The van der Waals surface area contributed by atoms with Gasteiger partial charge in [-0.1, -0.05) is 35.4 Å². The highest BCUT2D eigenvalue weighted by atomic mass is 16.1. The van der Waals surface area contributed by atoms with Crippen molar-refractivity contribution in [1.82, 2.24) is 9.13 Å². The van der Waals surface area contributed by atoms with Crippen molar-refractivity contribution < 1.29 is 0 Å². The Balaban J connectivity index is 2.58. The van der Waals surface area contributed by atoms with Gasteiger partial charge in [-0.05, 0) is 39.8 Å². The monoisotopic (exact) mass is 270 g/mol. The summed E-state index contributed by atoms with van der Waals surface area (Å²) < 4.78 is 3.67. The maximum absolute atomic E-state index is 12.6. The van der Waals surface area contributed by atoms with Crippen LogP contribution < -0.4 is 5.69 Å². The van der Waals surface area contributed by atoms with Crippen LogP contribution in [0, 0.1) is 0 Å². The van der Waals surface area contributed by atoms with Crippen molar-refractivity contribution in [2.45, 2.75) is 40.8 Å². The summed E-state index contributed by atoms with van der Waals surface area (Å²) in [6.07, 6.45) is 4.16. The second kappa shape index (κ2) is 5.95. The lowest BCUT2D eigenvalue weighted by molar-refractivity contribution is 0.714. The molecule has 0 aliphatic heterocycles. The van der Waals surface area contributed by atoms with E-state index in [4.69, 9.17) is 0 Å². The number of aromatic nitrogens is 2. The van der Waals surface area contributed by atoms with E-state index in [-0.39, 0.29) is 5.69 Å². The maximum Gasteiger partial charge on any atom is 0.329 e. The van der Waals surface area contributed by atoms with E-state index < -0.39 is 0 Å². The van der Waals surface area contributed by atoms with Gasteiger partial charge in [-0.25, -0.2) is 4.79 Å². The lowest BCUT2D eigenvalue weighted by Gasteiger charge is -1.99. The molecule has 0 aliphatic rings. The quantitative estimate of drug-likeness (QED) is 0.778. The van der Waals surface area contributed by atoms with Gasteiger partial charge in [0.1, 0.15) is 0 Å². The molecular weight excluding hydrogens is 248 g/mol. The summed E-state index contributed by atoms with van der Waals surface area (Å²) >= 11 is 0. The molecule has 1 heterocycles. The summed E-state index contributed by atoms with van der Waals surface area (Å²) in [5.41, 5.74) is 4.49. The fraction of sp³-hybridized carbons (Fsp3) is 0.353. The second-order valence-electron chi connectivity index (χ2n) is 5.56. The van der Waals surface area contributed by atoms with E-state index in [1.807, 2.05) is 61.1 Å². The van der Waals surface area contributed by atoms with Crippen LogP contribution in [0.2, 0.25) is 0 Å². The zero-order chi connectivity index (χ0) is 14.7. The molecule has 1 aromatic heterocycles. The number of para-hydroxylation sites is 2. The molecule has 20 heavy (non-hydrogen) atoms. The number of hydrogen-bond donors (Lipinski definition) is 0. The van der Waals surface area contributed by atoms with Crippen molar-refractivity contribution in [1.29, 1.82) is 0 Å². The summed E-state index contributed by atoms with van der Waals surface area (Å²) in [6.45, 7) is 9.45. The van der Waals surface area contributed by atoms with Gasteiger partial charge in [-0.2, -0.15) is 0 Å². The molecule has 3 heteroatoms. The number of rotatable bonds is 4. The minimum Gasteiger partial charge on any atom is -0.288 e. The molecule has 0 fully saturated rings. The Morgan fingerprint density at radius 3 is 1.65 bits per heavy atom. The van der Waals surface area contributed by atoms with E-state index in [1.54, 1.807) is 0 Å². The number of hydrogen-bond acceptors (Lipinski definition) is 1. The highest BCUT2D eigenvalue weighted by molar-refractivity contribution is 5.76. The van der Waals surface area contributed by atoms with Gasteiger partial charge in [-0.3, -0.25) is 9.13 Å². The zero-order valence-electron chi connectivity index (χ0n) is 12.7. The standard InChI is InChI=1S/C17H22N2O/c1-13(2)9-11-18-15-7-5-6-8-16(15)19(17(18)20)12-10-14(3)4/h5-10H,11-12H2,1-4H3. The van der Waals surface area contributed by atoms with Gasteiger partial charge in [0.25, 0.3) is 0 Å². The molecule has 3 nitrogen and oxygen atoms in total. The van der Waals surface area contributed by atoms with Crippen LogP contribution in [0.25, 0.3) is 11.0 Å². The molecule has 1 aromatic carbocycles. The van der Waals surface area contributed by atoms with Crippen molar-refractivity contribution in [2.24, 2.45) is 0 Å². The van der Waals surface area contributed by atoms with Gasteiger partial charge in [0.15, 0.2) is 0 Å². The Bertz CT molecular complexity index is 661. The van der Waals surface area contributed by atoms with Crippen molar-refractivity contribution in [3.8, 4) is 0 Å². The van der Waals surface area contributed by atoms with Gasteiger partial charge in [0.2, 0.25) is 0 Å². The van der Waals surface area contributed by atoms with E-state index >= 15 is 0 Å². The molecular formula is C17H22N2O. The minimum atomic E-state index is 0.0567. The normalized spacial score (nSPS) is 10.6. The molecule has 0 aliphatic carbocycles. The van der Waals surface area contributed by atoms with Crippen LogP contribution in [0.3, 0.4) is 0 Å². The average Bonchev–Trinajstić information content (AvgIpc) is 2.66. The number of nitrogens with zero attached hydrogens (tertiary/aromatic N) is 2. The predicted molar refractivity (Wildman–Crippen MR) is 85.1 cm³/mol. The lowest BCUT2D eigenvalue weighted by Crippen LogP contribution is -2.23. The largest absolute Gasteiger partial charge is 0.329 e. The minimum absolute atomic E-state index is 0.0567. The average molecular weight is 270 g/mol. The molecule has 0 unspecified atom stereocenters. The Kier molecular flexibility index (Phi) is 4.28. The van der Waals surface area contributed by atoms with Gasteiger partial charge in [0.05, 0.1) is 11.0 Å². The molecule has 2 rings (SSSR count). The van der Waals surface area contributed by atoms with E-state index in [9.17, 15) is 4.79 Å². The number of fused-ring (bicyclic) bond motifs is 1. The van der Waals surface area contributed by atoms with Crippen LogP contribution in [0.4, 0.5) is 0 Å². The number of imidazole rings is 1. The Hall–Kier alpha value is -2.03. The van der Waals surface area contributed by atoms with Gasteiger partial charge in [-0.15, -0.1) is 0 Å². The van der Waals surface area contributed by atoms with Crippen LogP contribution in [-0.4, -0.2) is 9.13 Å². The second-order valence-corrected chi connectivity index (χ2v) is 5.56. The molecule has 0 bridgehead atoms. The smallest absolute Gasteiger partial charge is 0.288 e. The zero-order valence-corrected chi connectivity index (χ0v) is 12.7. The lowest BCUT2D eigenvalue weighted by atomic mass is 10.3. The number of benzene rings is 1. The Labute approximate surface area is 119 Å². The Morgan fingerprint density at radius 1 is 0.900 bits per heavy atom. The third kappa shape index (κ3) is 2.93. The molecule has 0 saturated carbocycles. The third-order valence-corrected chi connectivity index (χ3v) is 3.29. The molecule has 0 spiro atoms. The number of allylic oxidation sites excluding steroid dienone is 4. The molecule has 0 amide bonds. The van der Waals surface area contributed by atoms with Gasteiger partial charge >= 0.3 is 5.69 Å². The fourth-order valence-electron chi connectivity index (χ4n) is 2.17. The van der Waals surface area contributed by atoms with Crippen molar-refractivity contribution in [3.05, 3.63) is 58.0 Å². The summed E-state index contributed by atoms with van der Waals surface area (Å²) in [5.74, 6) is 0. The first-order chi connectivity index (χ1) is 9.50. The van der Waals surface area contributed by atoms with Gasteiger partial charge < -0.3 is 0 Å². The summed E-state index contributed by atoms with van der Waals surface area (Å²) in [4.78, 5) is 12.6. The molecule has 0 N–H and O–H groups in total. The van der Waals surface area contributed by atoms with Crippen LogP contribution in [-0.2, 0) is 13.1 Å². The first-order valence-corrected chi connectivity index (χ1v) is 6.95. The molecule has 0 radical (unpaired) electrons. The summed E-state index contributed by atoms with van der Waals surface area (Å²) in [7, 11) is 0. The molecule has 0 saturated heterocycles. The van der Waals surface area contributed by atoms with Crippen LogP contribution in [0.1, 0.15) is 27.7 Å². The van der Waals surface area contributed by atoms with Crippen molar-refractivity contribution in [2.75, 3.05) is 0 Å². The van der Waals surface area contributed by atoms with Crippen molar-refractivity contribution in [3.63, 3.8) is 0 Å². The Morgan fingerprint density at radius 2 is 1.30 bits per heavy atom. The first kappa shape index (κ1) is 14.4. The van der Waals surface area contributed by atoms with Crippen LogP contribution >= 0.6 is 0 Å².